The van der Waals surface area contributed by atoms with E-state index < -0.39 is 23.9 Å². The number of carboxylic acids is 1. The van der Waals surface area contributed by atoms with Gasteiger partial charge in [0.15, 0.2) is 6.10 Å². The first kappa shape index (κ1) is 14.6. The molecule has 0 aliphatic carbocycles. The van der Waals surface area contributed by atoms with Gasteiger partial charge in [-0.3, -0.25) is 0 Å². The monoisotopic (exact) mass is 254 g/mol. The van der Waals surface area contributed by atoms with Gasteiger partial charge in [-0.1, -0.05) is 12.1 Å². The maximum absolute atomic E-state index is 13.0. The van der Waals surface area contributed by atoms with E-state index in [4.69, 9.17) is 5.11 Å². The van der Waals surface area contributed by atoms with Crippen LogP contribution in [-0.4, -0.2) is 43.1 Å². The molecule has 0 heterocycles. The molecule has 2 unspecified atom stereocenters. The Kier molecular flexibility index (Phi) is 5.77. The molecule has 18 heavy (non-hydrogen) atoms. The molecule has 1 radical (unpaired) electrons. The fourth-order valence-electron chi connectivity index (χ4n) is 1.51. The number of hydrogen-bond acceptors (Lipinski definition) is 4. The Morgan fingerprint density at radius 2 is 2.33 bits per heavy atom. The molecule has 1 aromatic rings. The second-order valence-corrected chi connectivity index (χ2v) is 3.74. The summed E-state index contributed by atoms with van der Waals surface area (Å²) >= 11 is 0. The summed E-state index contributed by atoms with van der Waals surface area (Å²) in [6.07, 6.45) is -1.45. The van der Waals surface area contributed by atoms with Crippen molar-refractivity contribution in [2.75, 3.05) is 7.11 Å². The van der Waals surface area contributed by atoms with Crippen LogP contribution in [-0.2, 0) is 15.9 Å². The van der Waals surface area contributed by atoms with Gasteiger partial charge >= 0.3 is 13.6 Å². The van der Waals surface area contributed by atoms with Crippen LogP contribution < -0.4 is 5.23 Å². The Hall–Kier alpha value is -1.44. The number of aliphatic carboxylic acids is 1. The number of halogens is 1. The van der Waals surface area contributed by atoms with E-state index >= 15 is 0 Å². The molecular formula is C11H14BFNO4. The third kappa shape index (κ3) is 4.44. The largest absolute Gasteiger partial charge is 0.479 e. The molecular weight excluding hydrogens is 240 g/mol. The van der Waals surface area contributed by atoms with Crippen LogP contribution in [0.25, 0.3) is 0 Å². The number of nitrogens with one attached hydrogen (secondary N) is 1. The van der Waals surface area contributed by atoms with Crippen LogP contribution in [0.3, 0.4) is 0 Å². The number of hydrogen-bond donors (Lipinski definition) is 3. The van der Waals surface area contributed by atoms with Crippen molar-refractivity contribution in [3.63, 3.8) is 0 Å². The predicted octanol–water partition coefficient (Wildman–Crippen LogP) is -0.0475. The van der Waals surface area contributed by atoms with Crippen LogP contribution in [0, 0.1) is 5.82 Å². The lowest BCUT2D eigenvalue weighted by molar-refractivity contribution is -0.147. The van der Waals surface area contributed by atoms with E-state index in [1.807, 2.05) is 0 Å². The van der Waals surface area contributed by atoms with Gasteiger partial charge in [0.05, 0.1) is 0 Å². The van der Waals surface area contributed by atoms with Gasteiger partial charge in [-0.25, -0.2) is 9.18 Å². The van der Waals surface area contributed by atoms with E-state index in [1.165, 1.54) is 32.9 Å². The molecule has 1 rings (SSSR count). The van der Waals surface area contributed by atoms with E-state index in [0.29, 0.717) is 5.56 Å². The Bertz CT molecular complexity index is 404. The molecule has 1 aromatic carbocycles. The van der Waals surface area contributed by atoms with Gasteiger partial charge < -0.3 is 20.1 Å². The van der Waals surface area contributed by atoms with E-state index in [2.05, 4.69) is 9.88 Å². The first-order valence-electron chi connectivity index (χ1n) is 5.30. The highest BCUT2D eigenvalue weighted by atomic mass is 19.1. The van der Waals surface area contributed by atoms with Crippen molar-refractivity contribution in [1.29, 1.82) is 0 Å². The second kappa shape index (κ2) is 7.10. The maximum Gasteiger partial charge on any atom is 0.395 e. The molecule has 97 valence electrons. The molecule has 0 aliphatic rings. The van der Waals surface area contributed by atoms with Gasteiger partial charge in [0.1, 0.15) is 5.82 Å². The van der Waals surface area contributed by atoms with Gasteiger partial charge in [-0.2, -0.15) is 0 Å². The van der Waals surface area contributed by atoms with Gasteiger partial charge in [-0.15, -0.1) is 0 Å². The zero-order valence-corrected chi connectivity index (χ0v) is 9.84. The smallest absolute Gasteiger partial charge is 0.395 e. The first-order chi connectivity index (χ1) is 8.54. The lowest BCUT2D eigenvalue weighted by atomic mass is 9.98. The predicted molar refractivity (Wildman–Crippen MR) is 63.4 cm³/mol. The van der Waals surface area contributed by atoms with Gasteiger partial charge in [0.25, 0.3) is 0 Å². The molecule has 5 nitrogen and oxygen atoms in total. The normalized spacial score (nSPS) is 13.9. The average Bonchev–Trinajstić information content (AvgIpc) is 2.33. The van der Waals surface area contributed by atoms with Crippen LogP contribution in [0.2, 0.25) is 0 Å². The molecule has 0 bridgehead atoms. The second-order valence-electron chi connectivity index (χ2n) is 3.74. The number of aliphatic hydroxyl groups is 1. The Balaban J connectivity index is 2.74. The third-order valence-corrected chi connectivity index (χ3v) is 2.38. The highest BCUT2D eigenvalue weighted by Gasteiger charge is 2.25. The lowest BCUT2D eigenvalue weighted by Gasteiger charge is -2.20. The highest BCUT2D eigenvalue weighted by molar-refractivity contribution is 6.23. The zero-order chi connectivity index (χ0) is 13.5. The summed E-state index contributed by atoms with van der Waals surface area (Å²) in [5.41, 5.74) is 0.581. The molecule has 2 atom stereocenters. The average molecular weight is 254 g/mol. The minimum Gasteiger partial charge on any atom is -0.479 e. The number of rotatable bonds is 7. The summed E-state index contributed by atoms with van der Waals surface area (Å²) in [6, 6.07) is 4.95. The molecule has 0 aromatic heterocycles. The fourth-order valence-corrected chi connectivity index (χ4v) is 1.51. The van der Waals surface area contributed by atoms with Crippen molar-refractivity contribution in [2.24, 2.45) is 0 Å². The van der Waals surface area contributed by atoms with Crippen LogP contribution in [0.5, 0.6) is 0 Å². The van der Waals surface area contributed by atoms with E-state index in [-0.39, 0.29) is 6.42 Å². The van der Waals surface area contributed by atoms with Crippen molar-refractivity contribution in [2.45, 2.75) is 18.6 Å². The first-order valence-corrected chi connectivity index (χ1v) is 5.30. The van der Waals surface area contributed by atoms with Crippen LogP contribution in [0.4, 0.5) is 4.39 Å². The number of benzene rings is 1. The topological polar surface area (TPSA) is 78.8 Å². The summed E-state index contributed by atoms with van der Waals surface area (Å²) in [5, 5.41) is 20.9. The molecule has 0 fully saturated rings. The molecule has 0 aliphatic heterocycles. The van der Waals surface area contributed by atoms with Crippen LogP contribution in [0.15, 0.2) is 24.3 Å². The van der Waals surface area contributed by atoms with Crippen molar-refractivity contribution >= 4 is 13.6 Å². The molecule has 0 spiro atoms. The number of carbonyl (C=O) groups is 1. The van der Waals surface area contributed by atoms with Gasteiger partial charge in [-0.05, 0) is 24.1 Å². The number of carboxylic acid groups (broad SMARTS) is 1. The third-order valence-electron chi connectivity index (χ3n) is 2.38. The summed E-state index contributed by atoms with van der Waals surface area (Å²) in [6.45, 7) is 0. The maximum atomic E-state index is 13.0. The van der Waals surface area contributed by atoms with Gasteiger partial charge in [0.2, 0.25) is 0 Å². The van der Waals surface area contributed by atoms with E-state index in [9.17, 15) is 14.3 Å². The summed E-state index contributed by atoms with van der Waals surface area (Å²) in [5.74, 6) is -1.76. The van der Waals surface area contributed by atoms with Crippen molar-refractivity contribution in [1.82, 2.24) is 5.23 Å². The summed E-state index contributed by atoms with van der Waals surface area (Å²) in [7, 11) is 2.56. The molecule has 0 saturated carbocycles. The summed E-state index contributed by atoms with van der Waals surface area (Å²) < 4.78 is 17.6. The standard InChI is InChI=1S/C11H14BFNO4/c1-18-12-14-9(10(15)11(16)17)6-7-3-2-4-8(13)5-7/h2-5,9-10,14-15H,6H2,1H3,(H,16,17). The molecule has 7 heteroatoms. The summed E-state index contributed by atoms with van der Waals surface area (Å²) in [4.78, 5) is 10.7. The van der Waals surface area contributed by atoms with E-state index in [1.54, 1.807) is 6.07 Å². The van der Waals surface area contributed by atoms with Crippen LogP contribution in [0.1, 0.15) is 5.56 Å². The quantitative estimate of drug-likeness (QED) is 0.595. The molecule has 3 N–H and O–H groups in total. The minimum atomic E-state index is -1.61. The minimum absolute atomic E-state index is 0.158. The van der Waals surface area contributed by atoms with Crippen LogP contribution >= 0.6 is 0 Å². The van der Waals surface area contributed by atoms with Crippen molar-refractivity contribution in [3.05, 3.63) is 35.6 Å². The SMILES string of the molecule is CO[B]NC(Cc1cccc(F)c1)C(O)C(=O)O. The molecule has 0 saturated heterocycles. The highest BCUT2D eigenvalue weighted by Crippen LogP contribution is 2.09. The van der Waals surface area contributed by atoms with E-state index in [0.717, 1.165) is 0 Å². The van der Waals surface area contributed by atoms with Crippen molar-refractivity contribution in [3.8, 4) is 0 Å². The Morgan fingerprint density at radius 3 is 2.89 bits per heavy atom. The molecule has 0 amide bonds. The lowest BCUT2D eigenvalue weighted by Crippen LogP contribution is -2.47. The fraction of sp³-hybridized carbons (Fsp3) is 0.364. The Morgan fingerprint density at radius 1 is 1.61 bits per heavy atom. The van der Waals surface area contributed by atoms with Gasteiger partial charge in [0, 0.05) is 13.2 Å². The Labute approximate surface area is 105 Å². The van der Waals surface area contributed by atoms with Crippen molar-refractivity contribution < 1.29 is 24.1 Å². The zero-order valence-electron chi connectivity index (χ0n) is 9.84. The number of aliphatic hydroxyl groups excluding tert-OH is 1.